The number of hydrogen-bond acceptors (Lipinski definition) is 4. The van der Waals surface area contributed by atoms with Crippen LogP contribution in [0.1, 0.15) is 34.3 Å². The van der Waals surface area contributed by atoms with Crippen molar-refractivity contribution in [2.45, 2.75) is 36.9 Å². The number of thioether (sulfide) groups is 1. The number of pyridine rings is 1. The number of rotatable bonds is 4. The van der Waals surface area contributed by atoms with E-state index in [9.17, 15) is 18.0 Å². The lowest BCUT2D eigenvalue weighted by Gasteiger charge is -2.33. The van der Waals surface area contributed by atoms with Crippen molar-refractivity contribution >= 4 is 23.5 Å². The maximum absolute atomic E-state index is 12.7. The lowest BCUT2D eigenvalue weighted by Crippen LogP contribution is -2.45. The second-order valence-corrected chi connectivity index (χ2v) is 7.70. The summed E-state index contributed by atoms with van der Waals surface area (Å²) in [7, 11) is 0. The molecule has 1 aromatic carbocycles. The first-order valence-corrected chi connectivity index (χ1v) is 10.2. The van der Waals surface area contributed by atoms with E-state index in [1.807, 2.05) is 36.3 Å². The zero-order chi connectivity index (χ0) is 20.3. The smallest absolute Gasteiger partial charge is 0.356 e. The van der Waals surface area contributed by atoms with E-state index in [0.717, 1.165) is 35.6 Å². The second kappa shape index (κ2) is 8.43. The van der Waals surface area contributed by atoms with Gasteiger partial charge in [-0.2, -0.15) is 13.2 Å². The Morgan fingerprint density at radius 1 is 1.21 bits per heavy atom. The number of halogens is 3. The average Bonchev–Trinajstić information content (AvgIpc) is 2.68. The van der Waals surface area contributed by atoms with E-state index in [1.165, 1.54) is 6.07 Å². The second-order valence-electron chi connectivity index (χ2n) is 6.82. The molecule has 1 fully saturated rings. The van der Waals surface area contributed by atoms with Crippen LogP contribution in [0.4, 0.5) is 19.0 Å². The molecule has 1 saturated heterocycles. The Kier molecular flexibility index (Phi) is 6.17. The molecule has 1 aliphatic heterocycles. The Labute approximate surface area is 166 Å². The molecule has 0 spiro atoms. The molecule has 2 heterocycles. The highest BCUT2D eigenvalue weighted by molar-refractivity contribution is 7.98. The van der Waals surface area contributed by atoms with E-state index in [4.69, 9.17) is 0 Å². The number of piperidine rings is 1. The summed E-state index contributed by atoms with van der Waals surface area (Å²) in [6.45, 7) is 3.18. The Balaban J connectivity index is 1.58. The third kappa shape index (κ3) is 4.79. The molecule has 8 heteroatoms. The predicted molar refractivity (Wildman–Crippen MR) is 105 cm³/mol. The van der Waals surface area contributed by atoms with Crippen molar-refractivity contribution in [2.24, 2.45) is 0 Å². The molecule has 4 nitrogen and oxygen atoms in total. The van der Waals surface area contributed by atoms with Gasteiger partial charge in [-0.25, -0.2) is 4.98 Å². The lowest BCUT2D eigenvalue weighted by molar-refractivity contribution is -0.137. The highest BCUT2D eigenvalue weighted by Crippen LogP contribution is 2.30. The zero-order valence-corrected chi connectivity index (χ0v) is 16.5. The van der Waals surface area contributed by atoms with Gasteiger partial charge in [0.05, 0.1) is 5.56 Å². The number of hydrogen-bond donors (Lipinski definition) is 1. The standard InChI is InChI=1S/C20H22F3N3OS/c1-13-3-5-16(28-2)11-17(13)19(27)25-15-7-9-26(10-8-15)18-6-4-14(12-24-18)20(21,22)23/h3-6,11-12,15H,7-10H2,1-2H3,(H,25,27). The number of benzene rings is 1. The van der Waals surface area contributed by atoms with Crippen LogP contribution >= 0.6 is 11.8 Å². The van der Waals surface area contributed by atoms with Gasteiger partial charge in [0.2, 0.25) is 0 Å². The van der Waals surface area contributed by atoms with Crippen LogP contribution in [0.15, 0.2) is 41.4 Å². The highest BCUT2D eigenvalue weighted by Gasteiger charge is 2.31. The third-order valence-electron chi connectivity index (χ3n) is 4.92. The van der Waals surface area contributed by atoms with Crippen molar-refractivity contribution in [2.75, 3.05) is 24.2 Å². The summed E-state index contributed by atoms with van der Waals surface area (Å²) in [5.74, 6) is 0.445. The molecule has 0 unspecified atom stereocenters. The van der Waals surface area contributed by atoms with E-state index < -0.39 is 11.7 Å². The van der Waals surface area contributed by atoms with E-state index in [1.54, 1.807) is 11.8 Å². The third-order valence-corrected chi connectivity index (χ3v) is 5.64. The molecule has 1 amide bonds. The first-order chi connectivity index (χ1) is 13.3. The van der Waals surface area contributed by atoms with Gasteiger partial charge in [0, 0.05) is 35.8 Å². The molecule has 2 aromatic rings. The van der Waals surface area contributed by atoms with Gasteiger partial charge < -0.3 is 10.2 Å². The molecule has 0 aliphatic carbocycles. The Bertz CT molecular complexity index is 832. The number of nitrogens with one attached hydrogen (secondary N) is 1. The molecule has 0 bridgehead atoms. The topological polar surface area (TPSA) is 45.2 Å². The monoisotopic (exact) mass is 409 g/mol. The van der Waals surface area contributed by atoms with Crippen LogP contribution in [0.25, 0.3) is 0 Å². The molecule has 3 rings (SSSR count). The van der Waals surface area contributed by atoms with Crippen molar-refractivity contribution in [1.82, 2.24) is 10.3 Å². The summed E-state index contributed by atoms with van der Waals surface area (Å²) < 4.78 is 38.0. The summed E-state index contributed by atoms with van der Waals surface area (Å²) in [5, 5.41) is 3.08. The van der Waals surface area contributed by atoms with E-state index in [-0.39, 0.29) is 11.9 Å². The zero-order valence-electron chi connectivity index (χ0n) is 15.7. The fourth-order valence-electron chi connectivity index (χ4n) is 3.23. The maximum Gasteiger partial charge on any atom is 0.417 e. The fraction of sp³-hybridized carbons (Fsp3) is 0.400. The van der Waals surface area contributed by atoms with Crippen molar-refractivity contribution < 1.29 is 18.0 Å². The fourth-order valence-corrected chi connectivity index (χ4v) is 3.67. The Morgan fingerprint density at radius 2 is 1.93 bits per heavy atom. The first kappa shape index (κ1) is 20.5. The minimum atomic E-state index is -4.38. The molecule has 0 saturated carbocycles. The van der Waals surface area contributed by atoms with Crippen LogP contribution in [-0.4, -0.2) is 36.3 Å². The van der Waals surface area contributed by atoms with E-state index in [0.29, 0.717) is 24.5 Å². The van der Waals surface area contributed by atoms with Gasteiger partial charge in [-0.3, -0.25) is 4.79 Å². The van der Waals surface area contributed by atoms with Crippen molar-refractivity contribution in [3.05, 3.63) is 53.2 Å². The van der Waals surface area contributed by atoms with Crippen LogP contribution in [0, 0.1) is 6.92 Å². The Hall–Kier alpha value is -2.22. The number of anilines is 1. The summed E-state index contributed by atoms with van der Waals surface area (Å²) >= 11 is 1.59. The van der Waals surface area contributed by atoms with Gasteiger partial charge in [-0.05, 0) is 55.9 Å². The highest BCUT2D eigenvalue weighted by atomic mass is 32.2. The van der Waals surface area contributed by atoms with Gasteiger partial charge in [-0.1, -0.05) is 6.07 Å². The maximum atomic E-state index is 12.7. The number of aryl methyl sites for hydroxylation is 1. The van der Waals surface area contributed by atoms with Crippen molar-refractivity contribution in [3.8, 4) is 0 Å². The van der Waals surface area contributed by atoms with Gasteiger partial charge in [0.15, 0.2) is 0 Å². The van der Waals surface area contributed by atoms with Gasteiger partial charge >= 0.3 is 6.18 Å². The quantitative estimate of drug-likeness (QED) is 0.754. The number of nitrogens with zero attached hydrogens (tertiary/aromatic N) is 2. The average molecular weight is 409 g/mol. The summed E-state index contributed by atoms with van der Waals surface area (Å²) in [6, 6.07) is 8.33. The molecule has 0 atom stereocenters. The normalized spacial score (nSPS) is 15.5. The van der Waals surface area contributed by atoms with Crippen molar-refractivity contribution in [1.29, 1.82) is 0 Å². The van der Waals surface area contributed by atoms with Crippen LogP contribution in [-0.2, 0) is 6.18 Å². The van der Waals surface area contributed by atoms with E-state index >= 15 is 0 Å². The van der Waals surface area contributed by atoms with Crippen LogP contribution in [0.5, 0.6) is 0 Å². The van der Waals surface area contributed by atoms with E-state index in [2.05, 4.69) is 10.3 Å². The van der Waals surface area contributed by atoms with Crippen LogP contribution < -0.4 is 10.2 Å². The molecule has 150 valence electrons. The first-order valence-electron chi connectivity index (χ1n) is 9.01. The molecule has 28 heavy (non-hydrogen) atoms. The predicted octanol–water partition coefficient (Wildman–Crippen LogP) is 4.53. The number of carbonyl (C=O) groups is 1. The molecule has 1 aromatic heterocycles. The summed E-state index contributed by atoms with van der Waals surface area (Å²) in [6.07, 6.45) is -0.109. The number of aromatic nitrogens is 1. The van der Waals surface area contributed by atoms with Crippen molar-refractivity contribution in [3.63, 3.8) is 0 Å². The SMILES string of the molecule is CSc1ccc(C)c(C(=O)NC2CCN(c3ccc(C(F)(F)F)cn3)CC2)c1. The number of alkyl halides is 3. The van der Waals surface area contributed by atoms with Crippen LogP contribution in [0.2, 0.25) is 0 Å². The molecular weight excluding hydrogens is 387 g/mol. The minimum Gasteiger partial charge on any atom is -0.356 e. The molecule has 0 radical (unpaired) electrons. The van der Waals surface area contributed by atoms with Gasteiger partial charge in [0.25, 0.3) is 5.91 Å². The number of carbonyl (C=O) groups excluding carboxylic acids is 1. The molecule has 1 aliphatic rings. The Morgan fingerprint density at radius 3 is 2.50 bits per heavy atom. The van der Waals surface area contributed by atoms with Gasteiger partial charge in [-0.15, -0.1) is 11.8 Å². The molecular formula is C20H22F3N3OS. The summed E-state index contributed by atoms with van der Waals surface area (Å²) in [5.41, 5.74) is 0.863. The van der Waals surface area contributed by atoms with Crippen LogP contribution in [0.3, 0.4) is 0 Å². The van der Waals surface area contributed by atoms with Gasteiger partial charge in [0.1, 0.15) is 5.82 Å². The lowest BCUT2D eigenvalue weighted by atomic mass is 10.0. The number of amides is 1. The minimum absolute atomic E-state index is 0.0375. The largest absolute Gasteiger partial charge is 0.417 e. The summed E-state index contributed by atoms with van der Waals surface area (Å²) in [4.78, 5) is 19.6. The molecule has 1 N–H and O–H groups in total.